The standard InChI is InChI=1S/C6H7Cl2NO2/c1-11-6(10)9-4(7)2-3-5(9)8/h2-5H,1H3. The van der Waals surface area contributed by atoms with Gasteiger partial charge in [-0.1, -0.05) is 23.2 Å². The van der Waals surface area contributed by atoms with Crippen molar-refractivity contribution in [3.05, 3.63) is 12.2 Å². The zero-order valence-electron chi connectivity index (χ0n) is 5.83. The fraction of sp³-hybridized carbons (Fsp3) is 0.500. The number of alkyl halides is 2. The highest BCUT2D eigenvalue weighted by Gasteiger charge is 2.30. The molecule has 0 aliphatic carbocycles. The third-order valence-corrected chi connectivity index (χ3v) is 2.06. The van der Waals surface area contributed by atoms with Crippen LogP contribution in [0.3, 0.4) is 0 Å². The average Bonchev–Trinajstić information content (AvgIpc) is 2.30. The first-order valence-corrected chi connectivity index (χ1v) is 3.87. The Hall–Kier alpha value is -0.410. The van der Waals surface area contributed by atoms with E-state index in [4.69, 9.17) is 23.2 Å². The van der Waals surface area contributed by atoms with Crippen LogP contribution in [0, 0.1) is 0 Å². The summed E-state index contributed by atoms with van der Waals surface area (Å²) in [5.41, 5.74) is -0.991. The molecule has 5 heteroatoms. The minimum absolute atomic E-state index is 0.495. The molecule has 3 nitrogen and oxygen atoms in total. The molecule has 0 saturated carbocycles. The molecule has 0 N–H and O–H groups in total. The molecule has 11 heavy (non-hydrogen) atoms. The van der Waals surface area contributed by atoms with Gasteiger partial charge < -0.3 is 4.74 Å². The van der Waals surface area contributed by atoms with Gasteiger partial charge in [-0.3, -0.25) is 4.90 Å². The van der Waals surface area contributed by atoms with E-state index in [1.54, 1.807) is 12.2 Å². The summed E-state index contributed by atoms with van der Waals surface area (Å²) in [6.45, 7) is 0. The predicted octanol–water partition coefficient (Wildman–Crippen LogP) is 1.75. The van der Waals surface area contributed by atoms with Gasteiger partial charge in [-0.25, -0.2) is 4.79 Å². The first-order chi connectivity index (χ1) is 5.16. The van der Waals surface area contributed by atoms with Crippen LogP contribution in [-0.4, -0.2) is 29.1 Å². The van der Waals surface area contributed by atoms with Crippen LogP contribution in [0.25, 0.3) is 0 Å². The molecule has 0 spiro atoms. The number of rotatable bonds is 0. The fourth-order valence-corrected chi connectivity index (χ4v) is 1.44. The Morgan fingerprint density at radius 1 is 1.45 bits per heavy atom. The number of hydrogen-bond acceptors (Lipinski definition) is 2. The van der Waals surface area contributed by atoms with Crippen molar-refractivity contribution in [1.82, 2.24) is 4.90 Å². The van der Waals surface area contributed by atoms with Gasteiger partial charge in [-0.05, 0) is 12.2 Å². The number of methoxy groups -OCH3 is 1. The molecule has 62 valence electrons. The van der Waals surface area contributed by atoms with Crippen LogP contribution in [0.5, 0.6) is 0 Å². The Morgan fingerprint density at radius 3 is 2.27 bits per heavy atom. The summed E-state index contributed by atoms with van der Waals surface area (Å²) < 4.78 is 4.45. The van der Waals surface area contributed by atoms with Crippen LogP contribution < -0.4 is 0 Å². The quantitative estimate of drug-likeness (QED) is 0.335. The zero-order valence-corrected chi connectivity index (χ0v) is 7.34. The van der Waals surface area contributed by atoms with Crippen LogP contribution in [-0.2, 0) is 4.74 Å². The van der Waals surface area contributed by atoms with E-state index in [2.05, 4.69) is 4.74 Å². The van der Waals surface area contributed by atoms with Gasteiger partial charge in [0.2, 0.25) is 0 Å². The van der Waals surface area contributed by atoms with E-state index < -0.39 is 17.1 Å². The van der Waals surface area contributed by atoms with E-state index >= 15 is 0 Å². The summed E-state index contributed by atoms with van der Waals surface area (Å²) in [6, 6.07) is 0. The summed E-state index contributed by atoms with van der Waals surface area (Å²) in [4.78, 5) is 12.2. The SMILES string of the molecule is COC(=O)N1C(Cl)C=CC1Cl. The van der Waals surface area contributed by atoms with Gasteiger partial charge >= 0.3 is 6.09 Å². The Morgan fingerprint density at radius 2 is 1.91 bits per heavy atom. The summed E-state index contributed by atoms with van der Waals surface area (Å²) in [7, 11) is 1.29. The van der Waals surface area contributed by atoms with Gasteiger partial charge in [0.25, 0.3) is 0 Å². The molecule has 0 radical (unpaired) electrons. The molecule has 0 fully saturated rings. The molecule has 1 heterocycles. The molecule has 1 aliphatic heterocycles. The average molecular weight is 196 g/mol. The van der Waals surface area contributed by atoms with Gasteiger partial charge in [0.05, 0.1) is 7.11 Å². The monoisotopic (exact) mass is 195 g/mol. The smallest absolute Gasteiger partial charge is 0.412 e. The molecule has 0 aromatic heterocycles. The van der Waals surface area contributed by atoms with Crippen molar-refractivity contribution >= 4 is 29.3 Å². The molecule has 1 rings (SSSR count). The van der Waals surface area contributed by atoms with Crippen molar-refractivity contribution in [2.24, 2.45) is 0 Å². The molecule has 0 bridgehead atoms. The lowest BCUT2D eigenvalue weighted by Gasteiger charge is -2.21. The molecule has 1 amide bonds. The number of hydrogen-bond donors (Lipinski definition) is 0. The Balaban J connectivity index is 2.65. The highest BCUT2D eigenvalue weighted by molar-refractivity contribution is 6.26. The van der Waals surface area contributed by atoms with Gasteiger partial charge in [-0.2, -0.15) is 0 Å². The lowest BCUT2D eigenvalue weighted by Crippen LogP contribution is -2.36. The van der Waals surface area contributed by atoms with E-state index in [9.17, 15) is 4.79 Å². The normalized spacial score (nSPS) is 29.2. The van der Waals surface area contributed by atoms with Crippen LogP contribution in [0.1, 0.15) is 0 Å². The summed E-state index contributed by atoms with van der Waals surface area (Å²) in [5.74, 6) is 0. The number of halogens is 2. The number of ether oxygens (including phenoxy) is 1. The Labute approximate surface area is 74.5 Å². The number of amides is 1. The molecular weight excluding hydrogens is 189 g/mol. The van der Waals surface area contributed by atoms with Crippen molar-refractivity contribution in [2.45, 2.75) is 11.0 Å². The van der Waals surface area contributed by atoms with Crippen LogP contribution >= 0.6 is 23.2 Å². The van der Waals surface area contributed by atoms with Crippen molar-refractivity contribution in [3.8, 4) is 0 Å². The van der Waals surface area contributed by atoms with Crippen molar-refractivity contribution in [2.75, 3.05) is 7.11 Å². The topological polar surface area (TPSA) is 29.5 Å². The van der Waals surface area contributed by atoms with Crippen LogP contribution in [0.4, 0.5) is 4.79 Å². The van der Waals surface area contributed by atoms with Crippen molar-refractivity contribution < 1.29 is 9.53 Å². The fourth-order valence-electron chi connectivity index (χ4n) is 0.812. The second-order valence-corrected chi connectivity index (χ2v) is 2.90. The largest absolute Gasteiger partial charge is 0.453 e. The number of nitrogens with zero attached hydrogens (tertiary/aromatic N) is 1. The van der Waals surface area contributed by atoms with Gasteiger partial charge in [0.1, 0.15) is 11.0 Å². The lowest BCUT2D eigenvalue weighted by atomic mass is 10.6. The highest BCUT2D eigenvalue weighted by atomic mass is 35.5. The molecule has 2 atom stereocenters. The summed E-state index contributed by atoms with van der Waals surface area (Å²) in [5, 5.41) is 0. The molecule has 1 aliphatic rings. The Bertz CT molecular complexity index is 183. The molecular formula is C6H7Cl2NO2. The van der Waals surface area contributed by atoms with Crippen LogP contribution in [0.15, 0.2) is 12.2 Å². The highest BCUT2D eigenvalue weighted by Crippen LogP contribution is 2.22. The lowest BCUT2D eigenvalue weighted by molar-refractivity contribution is 0.127. The van der Waals surface area contributed by atoms with Crippen molar-refractivity contribution in [3.63, 3.8) is 0 Å². The number of carbonyl (C=O) groups excluding carboxylic acids is 1. The Kier molecular flexibility index (Phi) is 2.62. The maximum absolute atomic E-state index is 10.9. The van der Waals surface area contributed by atoms with Crippen molar-refractivity contribution in [1.29, 1.82) is 0 Å². The van der Waals surface area contributed by atoms with E-state index in [1.807, 2.05) is 0 Å². The first-order valence-electron chi connectivity index (χ1n) is 2.99. The minimum atomic E-state index is -0.519. The second kappa shape index (κ2) is 3.32. The molecule has 2 unspecified atom stereocenters. The molecule has 0 saturated heterocycles. The van der Waals surface area contributed by atoms with Gasteiger partial charge in [0, 0.05) is 0 Å². The van der Waals surface area contributed by atoms with E-state index in [0.717, 1.165) is 0 Å². The van der Waals surface area contributed by atoms with Gasteiger partial charge in [-0.15, -0.1) is 0 Å². The predicted molar refractivity (Wildman–Crippen MR) is 42.7 cm³/mol. The minimum Gasteiger partial charge on any atom is -0.453 e. The molecule has 0 aromatic carbocycles. The maximum atomic E-state index is 10.9. The first kappa shape index (κ1) is 8.68. The van der Waals surface area contributed by atoms with Gasteiger partial charge in [0.15, 0.2) is 0 Å². The second-order valence-electron chi connectivity index (χ2n) is 2.01. The zero-order chi connectivity index (χ0) is 8.43. The van der Waals surface area contributed by atoms with E-state index in [1.165, 1.54) is 12.0 Å². The maximum Gasteiger partial charge on any atom is 0.412 e. The van der Waals surface area contributed by atoms with E-state index in [0.29, 0.717) is 0 Å². The number of carbonyl (C=O) groups is 1. The summed E-state index contributed by atoms with van der Waals surface area (Å²) >= 11 is 11.4. The third-order valence-electron chi connectivity index (χ3n) is 1.35. The van der Waals surface area contributed by atoms with E-state index in [-0.39, 0.29) is 0 Å². The summed E-state index contributed by atoms with van der Waals surface area (Å²) in [6.07, 6.45) is 2.75. The van der Waals surface area contributed by atoms with Crippen LogP contribution in [0.2, 0.25) is 0 Å². The molecule has 0 aromatic rings. The third kappa shape index (κ3) is 1.60.